The number of fused-ring (bicyclic) bond motifs is 1. The van der Waals surface area contributed by atoms with Crippen molar-refractivity contribution in [3.8, 4) is 5.75 Å². The van der Waals surface area contributed by atoms with Gasteiger partial charge < -0.3 is 10.1 Å². The maximum Gasteiger partial charge on any atom is 0.409 e. The first-order valence-corrected chi connectivity index (χ1v) is 9.98. The predicted octanol–water partition coefficient (Wildman–Crippen LogP) is 3.99. The van der Waals surface area contributed by atoms with E-state index in [0.29, 0.717) is 23.8 Å². The van der Waals surface area contributed by atoms with E-state index in [1.54, 1.807) is 36.2 Å². The van der Waals surface area contributed by atoms with Gasteiger partial charge in [-0.1, -0.05) is 36.9 Å². The molecule has 0 saturated heterocycles. The van der Waals surface area contributed by atoms with Crippen LogP contribution < -0.4 is 15.0 Å². The van der Waals surface area contributed by atoms with Crippen molar-refractivity contribution in [1.82, 2.24) is 4.90 Å². The maximum absolute atomic E-state index is 13.8. The summed E-state index contributed by atoms with van der Waals surface area (Å²) < 4.78 is 46.8. The maximum atomic E-state index is 13.8. The molecule has 6 nitrogen and oxygen atoms in total. The van der Waals surface area contributed by atoms with Crippen molar-refractivity contribution < 1.29 is 27.5 Å². The fourth-order valence-corrected chi connectivity index (χ4v) is 3.52. The van der Waals surface area contributed by atoms with E-state index < -0.39 is 30.5 Å². The summed E-state index contributed by atoms with van der Waals surface area (Å²) in [6.45, 7) is 4.04. The SMILES string of the molecule is C=CCOc1ccc(CN(C)CC(=O)N2c3ccccc3NC(=O)C[C@H]2C(F)(F)F)cc1. The van der Waals surface area contributed by atoms with Crippen LogP contribution in [0.4, 0.5) is 24.5 Å². The number of nitrogens with one attached hydrogen (secondary N) is 1. The lowest BCUT2D eigenvalue weighted by Gasteiger charge is -2.33. The molecule has 1 aliphatic rings. The van der Waals surface area contributed by atoms with Crippen LogP contribution >= 0.6 is 0 Å². The Balaban J connectivity index is 1.77. The van der Waals surface area contributed by atoms with Gasteiger partial charge in [-0.3, -0.25) is 19.4 Å². The van der Waals surface area contributed by atoms with Crippen molar-refractivity contribution in [3.05, 3.63) is 66.7 Å². The Bertz CT molecular complexity index is 976. The molecule has 170 valence electrons. The summed E-state index contributed by atoms with van der Waals surface area (Å²) in [5.41, 5.74) is 1.07. The molecule has 0 saturated carbocycles. The number of para-hydroxylation sites is 2. The number of hydrogen-bond donors (Lipinski definition) is 1. The number of nitrogens with zero attached hydrogens (tertiary/aromatic N) is 2. The molecule has 0 spiro atoms. The van der Waals surface area contributed by atoms with Crippen molar-refractivity contribution in [1.29, 1.82) is 0 Å². The highest BCUT2D eigenvalue weighted by Gasteiger charge is 2.49. The molecule has 0 bridgehead atoms. The van der Waals surface area contributed by atoms with Gasteiger partial charge in [-0.25, -0.2) is 0 Å². The Morgan fingerprint density at radius 3 is 2.59 bits per heavy atom. The van der Waals surface area contributed by atoms with Crippen LogP contribution in [0.15, 0.2) is 61.2 Å². The van der Waals surface area contributed by atoms with Gasteiger partial charge in [0.25, 0.3) is 0 Å². The molecule has 0 radical (unpaired) electrons. The van der Waals surface area contributed by atoms with Crippen molar-refractivity contribution in [3.63, 3.8) is 0 Å². The molecule has 1 aliphatic heterocycles. The van der Waals surface area contributed by atoms with Crippen LogP contribution in [0, 0.1) is 0 Å². The summed E-state index contributed by atoms with van der Waals surface area (Å²) in [7, 11) is 1.65. The molecule has 0 unspecified atom stereocenters. The normalized spacial score (nSPS) is 16.2. The molecule has 0 aliphatic carbocycles. The van der Waals surface area contributed by atoms with Gasteiger partial charge in [-0.15, -0.1) is 0 Å². The van der Waals surface area contributed by atoms with E-state index in [9.17, 15) is 22.8 Å². The van der Waals surface area contributed by atoms with Crippen LogP contribution in [0.1, 0.15) is 12.0 Å². The van der Waals surface area contributed by atoms with Gasteiger partial charge >= 0.3 is 6.18 Å². The van der Waals surface area contributed by atoms with Gasteiger partial charge in [0, 0.05) is 6.54 Å². The van der Waals surface area contributed by atoms with Gasteiger partial charge in [0.15, 0.2) is 0 Å². The molecule has 2 aromatic rings. The number of alkyl halides is 3. The third-order valence-corrected chi connectivity index (χ3v) is 4.92. The molecular formula is C23H24F3N3O3. The van der Waals surface area contributed by atoms with Crippen LogP contribution in [0.25, 0.3) is 0 Å². The lowest BCUT2D eigenvalue weighted by Crippen LogP contribution is -2.52. The van der Waals surface area contributed by atoms with E-state index in [1.165, 1.54) is 18.2 Å². The number of likely N-dealkylation sites (N-methyl/N-ethyl adjacent to an activating group) is 1. The van der Waals surface area contributed by atoms with E-state index in [1.807, 2.05) is 12.1 Å². The minimum atomic E-state index is -4.76. The monoisotopic (exact) mass is 447 g/mol. The fraction of sp³-hybridized carbons (Fsp3) is 0.304. The molecule has 0 aromatic heterocycles. The molecular weight excluding hydrogens is 423 g/mol. The molecule has 9 heteroatoms. The lowest BCUT2D eigenvalue weighted by atomic mass is 10.1. The quantitative estimate of drug-likeness (QED) is 0.652. The van der Waals surface area contributed by atoms with Crippen molar-refractivity contribution in [2.24, 2.45) is 0 Å². The zero-order chi connectivity index (χ0) is 23.3. The minimum Gasteiger partial charge on any atom is -0.490 e. The summed E-state index contributed by atoms with van der Waals surface area (Å²) in [4.78, 5) is 27.4. The second kappa shape index (κ2) is 9.86. The molecule has 1 atom stereocenters. The minimum absolute atomic E-state index is 0.0304. The van der Waals surface area contributed by atoms with Gasteiger partial charge in [0.2, 0.25) is 11.8 Å². The van der Waals surface area contributed by atoms with E-state index >= 15 is 0 Å². The first-order chi connectivity index (χ1) is 15.2. The molecule has 32 heavy (non-hydrogen) atoms. The number of ether oxygens (including phenoxy) is 1. The van der Waals surface area contributed by atoms with Crippen molar-refractivity contribution >= 4 is 23.2 Å². The Labute approximate surface area is 184 Å². The van der Waals surface area contributed by atoms with Gasteiger partial charge in [-0.05, 0) is 36.9 Å². The summed E-state index contributed by atoms with van der Waals surface area (Å²) in [6, 6.07) is 10.9. The van der Waals surface area contributed by atoms with E-state index in [-0.39, 0.29) is 17.9 Å². The molecule has 2 aromatic carbocycles. The topological polar surface area (TPSA) is 61.9 Å². The van der Waals surface area contributed by atoms with Gasteiger partial charge in [0.05, 0.1) is 24.3 Å². The number of benzene rings is 2. The number of anilines is 2. The van der Waals surface area contributed by atoms with E-state index in [0.717, 1.165) is 5.56 Å². The first-order valence-electron chi connectivity index (χ1n) is 9.98. The highest BCUT2D eigenvalue weighted by molar-refractivity contribution is 6.05. The lowest BCUT2D eigenvalue weighted by molar-refractivity contribution is -0.158. The largest absolute Gasteiger partial charge is 0.490 e. The molecule has 0 fully saturated rings. The van der Waals surface area contributed by atoms with Crippen LogP contribution in [0.5, 0.6) is 5.75 Å². The van der Waals surface area contributed by atoms with Crippen LogP contribution in [0.2, 0.25) is 0 Å². The molecule has 1 heterocycles. The van der Waals surface area contributed by atoms with Gasteiger partial charge in [-0.2, -0.15) is 13.2 Å². The van der Waals surface area contributed by atoms with Gasteiger partial charge in [0.1, 0.15) is 18.4 Å². The average Bonchev–Trinajstić information content (AvgIpc) is 2.88. The predicted molar refractivity (Wildman–Crippen MR) is 115 cm³/mol. The summed E-state index contributed by atoms with van der Waals surface area (Å²) in [5.74, 6) is -0.870. The third kappa shape index (κ3) is 5.67. The number of amides is 2. The van der Waals surface area contributed by atoms with E-state index in [2.05, 4.69) is 11.9 Å². The Hall–Kier alpha value is -3.33. The molecule has 2 amide bonds. The third-order valence-electron chi connectivity index (χ3n) is 4.92. The highest BCUT2D eigenvalue weighted by atomic mass is 19.4. The zero-order valence-electron chi connectivity index (χ0n) is 17.6. The van der Waals surface area contributed by atoms with Crippen LogP contribution in [-0.2, 0) is 16.1 Å². The summed E-state index contributed by atoms with van der Waals surface area (Å²) in [5, 5.41) is 2.46. The van der Waals surface area contributed by atoms with Crippen LogP contribution in [-0.4, -0.2) is 49.1 Å². The molecule has 1 N–H and O–H groups in total. The number of carbonyl (C=O) groups excluding carboxylic acids is 2. The van der Waals surface area contributed by atoms with Crippen LogP contribution in [0.3, 0.4) is 0 Å². The van der Waals surface area contributed by atoms with Crippen molar-refractivity contribution in [2.45, 2.75) is 25.2 Å². The second-order valence-electron chi connectivity index (χ2n) is 7.51. The average molecular weight is 447 g/mol. The molecule has 3 rings (SSSR count). The zero-order valence-corrected chi connectivity index (χ0v) is 17.6. The number of hydrogen-bond acceptors (Lipinski definition) is 4. The summed E-state index contributed by atoms with van der Waals surface area (Å²) in [6.07, 6.45) is -3.99. The fourth-order valence-electron chi connectivity index (χ4n) is 3.52. The Kier molecular flexibility index (Phi) is 7.19. The van der Waals surface area contributed by atoms with E-state index in [4.69, 9.17) is 4.74 Å². The second-order valence-corrected chi connectivity index (χ2v) is 7.51. The number of rotatable bonds is 7. The standard InChI is InChI=1S/C23H24F3N3O3/c1-3-12-32-17-10-8-16(9-11-17)14-28(2)15-22(31)29-19-7-5-4-6-18(19)27-21(30)13-20(29)23(24,25)26/h3-11,20H,1,12-15H2,2H3,(H,27,30)/t20-/m0/s1. The Morgan fingerprint density at radius 1 is 1.25 bits per heavy atom. The summed E-state index contributed by atoms with van der Waals surface area (Å²) >= 11 is 0. The number of halogens is 3. The first kappa shape index (κ1) is 23.3. The smallest absolute Gasteiger partial charge is 0.409 e. The number of carbonyl (C=O) groups is 2. The van der Waals surface area contributed by atoms with Crippen molar-refractivity contribution in [2.75, 3.05) is 30.4 Å². The Morgan fingerprint density at radius 2 is 1.94 bits per heavy atom. The highest BCUT2D eigenvalue weighted by Crippen LogP contribution is 2.37.